The number of nitrogens with one attached hydrogen (secondary N) is 1. The van der Waals surface area contributed by atoms with Crippen LogP contribution in [0.1, 0.15) is 12.5 Å². The fourth-order valence-electron chi connectivity index (χ4n) is 0.818. The lowest BCUT2D eigenvalue weighted by Gasteiger charge is -1.97. The molecule has 1 aromatic carbocycles. The van der Waals surface area contributed by atoms with Gasteiger partial charge in [-0.15, -0.1) is 0 Å². The number of hydrogen-bond donors (Lipinski definition) is 3. The van der Waals surface area contributed by atoms with E-state index in [4.69, 9.17) is 10.2 Å². The van der Waals surface area contributed by atoms with Crippen LogP contribution >= 0.6 is 0 Å². The fourth-order valence-corrected chi connectivity index (χ4v) is 0.818. The van der Waals surface area contributed by atoms with Crippen LogP contribution in [0.25, 0.3) is 0 Å². The SMILES string of the molecule is CC(=O)N/N=C/c1ccc(O)c(O)c1. The second-order valence-corrected chi connectivity index (χ2v) is 2.67. The van der Waals surface area contributed by atoms with Gasteiger partial charge in [0.05, 0.1) is 6.21 Å². The first-order valence-electron chi connectivity index (χ1n) is 3.91. The third-order valence-corrected chi connectivity index (χ3v) is 1.44. The van der Waals surface area contributed by atoms with Crippen LogP contribution in [0, 0.1) is 0 Å². The average molecular weight is 194 g/mol. The third-order valence-electron chi connectivity index (χ3n) is 1.44. The van der Waals surface area contributed by atoms with Crippen molar-refractivity contribution in [3.05, 3.63) is 23.8 Å². The Morgan fingerprint density at radius 3 is 2.71 bits per heavy atom. The minimum atomic E-state index is -0.274. The Bertz CT molecular complexity index is 374. The number of hydrogen-bond acceptors (Lipinski definition) is 4. The first-order valence-corrected chi connectivity index (χ1v) is 3.91. The molecule has 74 valence electrons. The molecule has 0 fully saturated rings. The first-order chi connectivity index (χ1) is 6.59. The Balaban J connectivity index is 2.73. The van der Waals surface area contributed by atoms with Crippen molar-refractivity contribution in [1.82, 2.24) is 5.43 Å². The molecule has 0 aliphatic heterocycles. The first kappa shape index (κ1) is 10.0. The summed E-state index contributed by atoms with van der Waals surface area (Å²) in [5.74, 6) is -0.692. The molecule has 1 rings (SSSR count). The molecule has 1 amide bonds. The van der Waals surface area contributed by atoms with Gasteiger partial charge in [-0.05, 0) is 23.8 Å². The Morgan fingerprint density at radius 2 is 2.14 bits per heavy atom. The van der Waals surface area contributed by atoms with Gasteiger partial charge in [-0.25, -0.2) is 5.43 Å². The Labute approximate surface area is 80.7 Å². The van der Waals surface area contributed by atoms with Gasteiger partial charge in [-0.3, -0.25) is 4.79 Å². The molecule has 0 spiro atoms. The summed E-state index contributed by atoms with van der Waals surface area (Å²) in [6, 6.07) is 4.23. The van der Waals surface area contributed by atoms with E-state index in [9.17, 15) is 4.79 Å². The molecule has 0 atom stereocenters. The maximum atomic E-state index is 10.4. The van der Waals surface area contributed by atoms with Crippen LogP contribution in [-0.2, 0) is 4.79 Å². The molecule has 0 aliphatic carbocycles. The van der Waals surface area contributed by atoms with Crippen LogP contribution in [0.15, 0.2) is 23.3 Å². The molecular weight excluding hydrogens is 184 g/mol. The monoisotopic (exact) mass is 194 g/mol. The summed E-state index contributed by atoms with van der Waals surface area (Å²) in [4.78, 5) is 10.4. The number of phenolic OH excluding ortho intramolecular Hbond substituents is 2. The quantitative estimate of drug-likeness (QED) is 0.365. The number of aromatic hydroxyl groups is 2. The molecule has 3 N–H and O–H groups in total. The van der Waals surface area contributed by atoms with Crippen LogP contribution < -0.4 is 5.43 Å². The molecule has 0 saturated carbocycles. The number of rotatable bonds is 2. The summed E-state index contributed by atoms with van der Waals surface area (Å²) in [6.07, 6.45) is 1.36. The highest BCUT2D eigenvalue weighted by Crippen LogP contribution is 2.23. The van der Waals surface area contributed by atoms with Crippen molar-refractivity contribution >= 4 is 12.1 Å². The number of phenols is 2. The predicted molar refractivity (Wildman–Crippen MR) is 51.2 cm³/mol. The van der Waals surface area contributed by atoms with Crippen molar-refractivity contribution in [2.75, 3.05) is 0 Å². The molecule has 5 heteroatoms. The summed E-state index contributed by atoms with van der Waals surface area (Å²) >= 11 is 0. The maximum absolute atomic E-state index is 10.4. The number of carbonyl (C=O) groups excluding carboxylic acids is 1. The van der Waals surface area contributed by atoms with Crippen LogP contribution in [0.5, 0.6) is 11.5 Å². The summed E-state index contributed by atoms with van der Waals surface area (Å²) in [5, 5.41) is 21.7. The standard InChI is InChI=1S/C9H10N2O3/c1-6(12)11-10-5-7-2-3-8(13)9(14)4-7/h2-5,13-14H,1H3,(H,11,12)/b10-5+. The Kier molecular flexibility index (Phi) is 3.06. The minimum Gasteiger partial charge on any atom is -0.504 e. The van der Waals surface area contributed by atoms with Gasteiger partial charge < -0.3 is 10.2 Å². The van der Waals surface area contributed by atoms with Gasteiger partial charge in [0.1, 0.15) is 0 Å². The van der Waals surface area contributed by atoms with Crippen LogP contribution in [0.2, 0.25) is 0 Å². The van der Waals surface area contributed by atoms with Crippen molar-refractivity contribution in [3.63, 3.8) is 0 Å². The highest BCUT2D eigenvalue weighted by Gasteiger charge is 1.97. The average Bonchev–Trinajstić information content (AvgIpc) is 2.10. The number of hydrazone groups is 1. The topological polar surface area (TPSA) is 81.9 Å². The van der Waals surface area contributed by atoms with Gasteiger partial charge in [0, 0.05) is 6.92 Å². The van der Waals surface area contributed by atoms with E-state index in [0.29, 0.717) is 5.56 Å². The summed E-state index contributed by atoms with van der Waals surface area (Å²) in [5.41, 5.74) is 2.79. The van der Waals surface area contributed by atoms with E-state index < -0.39 is 0 Å². The smallest absolute Gasteiger partial charge is 0.236 e. The van der Waals surface area contributed by atoms with Crippen LogP contribution in [0.4, 0.5) is 0 Å². The summed E-state index contributed by atoms with van der Waals surface area (Å²) in [6.45, 7) is 1.34. The highest BCUT2D eigenvalue weighted by molar-refractivity contribution is 5.82. The lowest BCUT2D eigenvalue weighted by molar-refractivity contribution is -0.118. The number of benzene rings is 1. The minimum absolute atomic E-state index is 0.193. The third kappa shape index (κ3) is 2.78. The van der Waals surface area contributed by atoms with Crippen LogP contribution in [0.3, 0.4) is 0 Å². The lowest BCUT2D eigenvalue weighted by atomic mass is 10.2. The molecule has 0 heterocycles. The molecule has 0 saturated heterocycles. The number of nitrogens with zero attached hydrogens (tertiary/aromatic N) is 1. The Morgan fingerprint density at radius 1 is 1.43 bits per heavy atom. The predicted octanol–water partition coefficient (Wildman–Crippen LogP) is 0.568. The van der Waals surface area contributed by atoms with Crippen molar-refractivity contribution in [3.8, 4) is 11.5 Å². The van der Waals surface area contributed by atoms with E-state index in [1.807, 2.05) is 0 Å². The second-order valence-electron chi connectivity index (χ2n) is 2.67. The molecule has 14 heavy (non-hydrogen) atoms. The van der Waals surface area contributed by atoms with E-state index in [1.54, 1.807) is 6.07 Å². The van der Waals surface area contributed by atoms with Crippen molar-refractivity contribution in [2.45, 2.75) is 6.92 Å². The van der Waals surface area contributed by atoms with Crippen molar-refractivity contribution in [1.29, 1.82) is 0 Å². The normalized spacial score (nSPS) is 10.4. The molecule has 5 nitrogen and oxygen atoms in total. The maximum Gasteiger partial charge on any atom is 0.236 e. The van der Waals surface area contributed by atoms with Gasteiger partial charge >= 0.3 is 0 Å². The zero-order chi connectivity index (χ0) is 10.6. The van der Waals surface area contributed by atoms with E-state index in [-0.39, 0.29) is 17.4 Å². The lowest BCUT2D eigenvalue weighted by Crippen LogP contribution is -2.12. The molecular formula is C9H10N2O3. The Hall–Kier alpha value is -2.04. The van der Waals surface area contributed by atoms with Gasteiger partial charge in [0.25, 0.3) is 0 Å². The van der Waals surface area contributed by atoms with Gasteiger partial charge in [-0.1, -0.05) is 0 Å². The molecule has 0 bridgehead atoms. The van der Waals surface area contributed by atoms with E-state index in [0.717, 1.165) is 0 Å². The molecule has 0 aromatic heterocycles. The van der Waals surface area contributed by atoms with Crippen molar-refractivity contribution in [2.24, 2.45) is 5.10 Å². The van der Waals surface area contributed by atoms with Gasteiger partial charge in [0.15, 0.2) is 11.5 Å². The highest BCUT2D eigenvalue weighted by atomic mass is 16.3. The summed E-state index contributed by atoms with van der Waals surface area (Å²) < 4.78 is 0. The molecule has 0 radical (unpaired) electrons. The van der Waals surface area contributed by atoms with E-state index in [2.05, 4.69) is 10.5 Å². The number of carbonyl (C=O) groups is 1. The largest absolute Gasteiger partial charge is 0.504 e. The molecule has 0 aliphatic rings. The fraction of sp³-hybridized carbons (Fsp3) is 0.111. The molecule has 1 aromatic rings. The van der Waals surface area contributed by atoms with Crippen molar-refractivity contribution < 1.29 is 15.0 Å². The zero-order valence-corrected chi connectivity index (χ0v) is 7.56. The zero-order valence-electron chi connectivity index (χ0n) is 7.56. The van der Waals surface area contributed by atoms with E-state index >= 15 is 0 Å². The van der Waals surface area contributed by atoms with Crippen LogP contribution in [-0.4, -0.2) is 22.3 Å². The molecule has 0 unspecified atom stereocenters. The van der Waals surface area contributed by atoms with Gasteiger partial charge in [0.2, 0.25) is 5.91 Å². The summed E-state index contributed by atoms with van der Waals surface area (Å²) in [7, 11) is 0. The van der Waals surface area contributed by atoms with Gasteiger partial charge in [-0.2, -0.15) is 5.10 Å². The van der Waals surface area contributed by atoms with E-state index in [1.165, 1.54) is 25.3 Å². The second kappa shape index (κ2) is 4.27. The number of amides is 1.